The van der Waals surface area contributed by atoms with Crippen LogP contribution < -0.4 is 20.3 Å². The maximum atomic E-state index is 13.1. The van der Waals surface area contributed by atoms with E-state index in [0.717, 1.165) is 48.4 Å². The Balaban J connectivity index is 1.75. The Kier molecular flexibility index (Phi) is 11.2. The quantitative estimate of drug-likeness (QED) is 0.520. The van der Waals surface area contributed by atoms with Gasteiger partial charge in [0.15, 0.2) is 0 Å². The second-order valence-electron chi connectivity index (χ2n) is 9.60. The van der Waals surface area contributed by atoms with E-state index in [-0.39, 0.29) is 17.7 Å². The summed E-state index contributed by atoms with van der Waals surface area (Å²) in [7, 11) is 1.64. The number of nitrogens with one attached hydrogen (secondary N) is 2. The van der Waals surface area contributed by atoms with Crippen LogP contribution in [0.4, 0.5) is 5.69 Å². The largest absolute Gasteiger partial charge is 0.491 e. The summed E-state index contributed by atoms with van der Waals surface area (Å²) >= 11 is 0. The van der Waals surface area contributed by atoms with Gasteiger partial charge in [-0.1, -0.05) is 45.2 Å². The van der Waals surface area contributed by atoms with Gasteiger partial charge in [0.2, 0.25) is 5.91 Å². The van der Waals surface area contributed by atoms with Crippen LogP contribution in [0.15, 0.2) is 42.5 Å². The van der Waals surface area contributed by atoms with Crippen LogP contribution in [0.25, 0.3) is 0 Å². The van der Waals surface area contributed by atoms with Crippen LogP contribution in [0.5, 0.6) is 5.75 Å². The molecule has 0 bridgehead atoms. The number of carbonyl (C=O) groups is 2. The minimum atomic E-state index is -0.142. The summed E-state index contributed by atoms with van der Waals surface area (Å²) in [6, 6.07) is 13.4. The Bertz CT molecular complexity index is 992. The van der Waals surface area contributed by atoms with Gasteiger partial charge >= 0.3 is 0 Å². The van der Waals surface area contributed by atoms with Gasteiger partial charge in [-0.2, -0.15) is 0 Å². The lowest BCUT2D eigenvalue weighted by Gasteiger charge is -2.28. The summed E-state index contributed by atoms with van der Waals surface area (Å²) in [5.74, 6) is 0.644. The van der Waals surface area contributed by atoms with Crippen LogP contribution in [-0.2, 0) is 22.6 Å². The molecule has 7 nitrogen and oxygen atoms in total. The van der Waals surface area contributed by atoms with Crippen LogP contribution >= 0.6 is 0 Å². The fourth-order valence-electron chi connectivity index (χ4n) is 4.34. The molecular formula is C29H41N3O4. The molecule has 0 atom stereocenters. The predicted octanol–water partition coefficient (Wildman–Crippen LogP) is 4.68. The Morgan fingerprint density at radius 1 is 1.03 bits per heavy atom. The molecule has 7 heteroatoms. The molecule has 0 radical (unpaired) electrons. The van der Waals surface area contributed by atoms with Crippen molar-refractivity contribution in [3.8, 4) is 5.75 Å². The molecule has 0 unspecified atom stereocenters. The summed E-state index contributed by atoms with van der Waals surface area (Å²) in [4.78, 5) is 28.0. The second-order valence-corrected chi connectivity index (χ2v) is 9.60. The third-order valence-corrected chi connectivity index (χ3v) is 6.35. The topological polar surface area (TPSA) is 79.9 Å². The normalized spacial score (nSPS) is 14.9. The molecule has 1 heterocycles. The van der Waals surface area contributed by atoms with E-state index in [4.69, 9.17) is 9.47 Å². The molecular weight excluding hydrogens is 454 g/mol. The molecule has 2 amide bonds. The van der Waals surface area contributed by atoms with E-state index >= 15 is 0 Å². The molecule has 2 N–H and O–H groups in total. The molecule has 0 aliphatic carbocycles. The SMILES string of the molecule is COCCOc1cccc(CNC(=O)c2ccc3c(c2)CNCCCCCCCN3C(=O)C(C)C)c1. The number of anilines is 1. The Labute approximate surface area is 215 Å². The van der Waals surface area contributed by atoms with Crippen LogP contribution in [0.3, 0.4) is 0 Å². The Morgan fingerprint density at radius 3 is 2.64 bits per heavy atom. The van der Waals surface area contributed by atoms with Crippen molar-refractivity contribution in [1.29, 1.82) is 0 Å². The van der Waals surface area contributed by atoms with E-state index in [2.05, 4.69) is 10.6 Å². The first-order valence-corrected chi connectivity index (χ1v) is 13.1. The number of methoxy groups -OCH3 is 1. The first kappa shape index (κ1) is 27.7. The van der Waals surface area contributed by atoms with Crippen molar-refractivity contribution in [2.75, 3.05) is 38.3 Å². The van der Waals surface area contributed by atoms with E-state index in [1.54, 1.807) is 7.11 Å². The van der Waals surface area contributed by atoms with Gasteiger partial charge in [-0.05, 0) is 60.8 Å². The van der Waals surface area contributed by atoms with E-state index in [9.17, 15) is 9.59 Å². The molecule has 36 heavy (non-hydrogen) atoms. The zero-order valence-electron chi connectivity index (χ0n) is 22.0. The maximum Gasteiger partial charge on any atom is 0.251 e. The highest BCUT2D eigenvalue weighted by atomic mass is 16.5. The number of ether oxygens (including phenoxy) is 2. The fourth-order valence-corrected chi connectivity index (χ4v) is 4.34. The maximum absolute atomic E-state index is 13.1. The molecule has 0 saturated carbocycles. The smallest absolute Gasteiger partial charge is 0.251 e. The van der Waals surface area contributed by atoms with Gasteiger partial charge in [0.25, 0.3) is 5.91 Å². The molecule has 0 aromatic heterocycles. The highest BCUT2D eigenvalue weighted by Crippen LogP contribution is 2.26. The number of hydrogen-bond acceptors (Lipinski definition) is 5. The van der Waals surface area contributed by atoms with Gasteiger partial charge in [0, 0.05) is 43.9 Å². The molecule has 0 spiro atoms. The molecule has 3 rings (SSSR count). The molecule has 1 aliphatic heterocycles. The summed E-state index contributed by atoms with van der Waals surface area (Å²) < 4.78 is 10.7. The van der Waals surface area contributed by atoms with Crippen LogP contribution in [0.2, 0.25) is 0 Å². The van der Waals surface area contributed by atoms with Crippen molar-refractivity contribution in [2.45, 2.75) is 59.0 Å². The summed E-state index contributed by atoms with van der Waals surface area (Å²) in [6.45, 7) is 7.54. The first-order valence-electron chi connectivity index (χ1n) is 13.1. The minimum absolute atomic E-state index is 0.0871. The average molecular weight is 496 g/mol. The van der Waals surface area contributed by atoms with Crippen molar-refractivity contribution < 1.29 is 19.1 Å². The first-order chi connectivity index (χ1) is 17.5. The van der Waals surface area contributed by atoms with E-state index in [1.807, 2.05) is 61.2 Å². The second kappa shape index (κ2) is 14.6. The lowest BCUT2D eigenvalue weighted by Crippen LogP contribution is -2.36. The Hall–Kier alpha value is -2.90. The van der Waals surface area contributed by atoms with E-state index < -0.39 is 0 Å². The third-order valence-electron chi connectivity index (χ3n) is 6.35. The van der Waals surface area contributed by atoms with Crippen LogP contribution in [-0.4, -0.2) is 45.2 Å². The summed E-state index contributed by atoms with van der Waals surface area (Å²) in [6.07, 6.45) is 5.63. The molecule has 1 aliphatic rings. The molecule has 2 aromatic carbocycles. The van der Waals surface area contributed by atoms with Gasteiger partial charge in [-0.25, -0.2) is 0 Å². The number of hydrogen-bond donors (Lipinski definition) is 2. The van der Waals surface area contributed by atoms with Crippen molar-refractivity contribution in [1.82, 2.24) is 10.6 Å². The van der Waals surface area contributed by atoms with Crippen molar-refractivity contribution in [3.05, 3.63) is 59.2 Å². The van der Waals surface area contributed by atoms with E-state index in [0.29, 0.717) is 38.4 Å². The lowest BCUT2D eigenvalue weighted by atomic mass is 10.0. The zero-order valence-corrected chi connectivity index (χ0v) is 22.0. The third kappa shape index (κ3) is 8.35. The van der Waals surface area contributed by atoms with Crippen molar-refractivity contribution in [3.63, 3.8) is 0 Å². The Morgan fingerprint density at radius 2 is 1.83 bits per heavy atom. The highest BCUT2D eigenvalue weighted by Gasteiger charge is 2.22. The number of fused-ring (bicyclic) bond motifs is 1. The number of rotatable bonds is 8. The van der Waals surface area contributed by atoms with Gasteiger partial charge < -0.3 is 25.0 Å². The van der Waals surface area contributed by atoms with Gasteiger partial charge in [0.05, 0.1) is 6.61 Å². The summed E-state index contributed by atoms with van der Waals surface area (Å²) in [5.41, 5.74) is 3.43. The molecule has 0 saturated heterocycles. The molecule has 196 valence electrons. The number of amides is 2. The van der Waals surface area contributed by atoms with E-state index in [1.165, 1.54) is 12.8 Å². The van der Waals surface area contributed by atoms with Crippen molar-refractivity contribution >= 4 is 17.5 Å². The van der Waals surface area contributed by atoms with Crippen LogP contribution in [0.1, 0.15) is 67.4 Å². The number of nitrogens with zero attached hydrogens (tertiary/aromatic N) is 1. The van der Waals surface area contributed by atoms with Crippen LogP contribution in [0, 0.1) is 5.92 Å². The summed E-state index contributed by atoms with van der Waals surface area (Å²) in [5, 5.41) is 6.52. The monoisotopic (exact) mass is 495 g/mol. The molecule has 2 aromatic rings. The highest BCUT2D eigenvalue weighted by molar-refractivity contribution is 5.98. The molecule has 0 fully saturated rings. The van der Waals surface area contributed by atoms with Gasteiger partial charge in [-0.3, -0.25) is 9.59 Å². The van der Waals surface area contributed by atoms with Gasteiger partial charge in [0.1, 0.15) is 12.4 Å². The van der Waals surface area contributed by atoms with Crippen molar-refractivity contribution in [2.24, 2.45) is 5.92 Å². The lowest BCUT2D eigenvalue weighted by molar-refractivity contribution is -0.121. The minimum Gasteiger partial charge on any atom is -0.491 e. The average Bonchev–Trinajstić information content (AvgIpc) is 2.87. The number of benzene rings is 2. The fraction of sp³-hybridized carbons (Fsp3) is 0.517. The standard InChI is InChI=1S/C29H41N3O4/c1-22(2)29(34)32-15-8-6-4-5-7-14-30-21-25-19-24(12-13-27(25)32)28(33)31-20-23-10-9-11-26(18-23)36-17-16-35-3/h9-13,18-19,22,30H,4-8,14-17,20-21H2,1-3H3,(H,31,33). The zero-order chi connectivity index (χ0) is 25.8. The number of carbonyl (C=O) groups excluding carboxylic acids is 2. The predicted molar refractivity (Wildman–Crippen MR) is 143 cm³/mol. The van der Waals surface area contributed by atoms with Gasteiger partial charge in [-0.15, -0.1) is 0 Å².